The van der Waals surface area contributed by atoms with Crippen molar-refractivity contribution in [2.75, 3.05) is 0 Å². The van der Waals surface area contributed by atoms with E-state index >= 15 is 0 Å². The summed E-state index contributed by atoms with van der Waals surface area (Å²) in [5, 5.41) is 9.70. The maximum absolute atomic E-state index is 9.70. The van der Waals surface area contributed by atoms with Crippen LogP contribution in [0.3, 0.4) is 0 Å². The molecule has 1 heteroatoms. The Labute approximate surface area is 76.5 Å². The molecule has 0 fully saturated rings. The Hall–Kier alpha value is -0.300. The van der Waals surface area contributed by atoms with E-state index in [0.29, 0.717) is 5.92 Å². The van der Waals surface area contributed by atoms with Crippen molar-refractivity contribution in [2.24, 2.45) is 5.92 Å². The molecule has 0 spiro atoms. The highest BCUT2D eigenvalue weighted by Gasteiger charge is 2.14. The van der Waals surface area contributed by atoms with Gasteiger partial charge in [0.15, 0.2) is 0 Å². The van der Waals surface area contributed by atoms with Crippen LogP contribution in [-0.2, 0) is 0 Å². The van der Waals surface area contributed by atoms with E-state index in [2.05, 4.69) is 34.6 Å². The van der Waals surface area contributed by atoms with Gasteiger partial charge < -0.3 is 5.11 Å². The van der Waals surface area contributed by atoms with Crippen LogP contribution < -0.4 is 0 Å². The van der Waals surface area contributed by atoms with Crippen LogP contribution in [0.25, 0.3) is 0 Å². The molecule has 0 heterocycles. The predicted molar refractivity (Wildman–Crippen MR) is 54.1 cm³/mol. The van der Waals surface area contributed by atoms with E-state index in [1.165, 1.54) is 11.1 Å². The van der Waals surface area contributed by atoms with Crippen molar-refractivity contribution in [1.82, 2.24) is 0 Å². The fourth-order valence-electron chi connectivity index (χ4n) is 1.29. The molecule has 0 saturated carbocycles. The minimum absolute atomic E-state index is 0.162. The molecule has 0 amide bonds. The molecule has 1 nitrogen and oxygen atoms in total. The van der Waals surface area contributed by atoms with Crippen molar-refractivity contribution in [2.45, 2.75) is 53.6 Å². The van der Waals surface area contributed by atoms with Gasteiger partial charge in [-0.3, -0.25) is 0 Å². The SMILES string of the molecule is CCCC(O)C(C)C(C)=C(C)C. The average molecular weight is 170 g/mol. The van der Waals surface area contributed by atoms with Gasteiger partial charge in [-0.25, -0.2) is 0 Å². The Bertz CT molecular complexity index is 154. The normalized spacial score (nSPS) is 15.5. The van der Waals surface area contributed by atoms with Gasteiger partial charge in [-0.1, -0.05) is 31.4 Å². The first-order valence-corrected chi connectivity index (χ1v) is 4.82. The van der Waals surface area contributed by atoms with E-state index < -0.39 is 0 Å². The molecule has 0 aliphatic carbocycles. The predicted octanol–water partition coefficient (Wildman–Crippen LogP) is 3.14. The minimum atomic E-state index is -0.162. The molecular weight excluding hydrogens is 148 g/mol. The Morgan fingerprint density at radius 3 is 2.08 bits per heavy atom. The topological polar surface area (TPSA) is 20.2 Å². The summed E-state index contributed by atoms with van der Waals surface area (Å²) in [6.07, 6.45) is 1.80. The third-order valence-corrected chi connectivity index (χ3v) is 2.63. The van der Waals surface area contributed by atoms with Gasteiger partial charge in [-0.2, -0.15) is 0 Å². The zero-order chi connectivity index (χ0) is 9.72. The largest absolute Gasteiger partial charge is 0.393 e. The lowest BCUT2D eigenvalue weighted by molar-refractivity contribution is 0.122. The van der Waals surface area contributed by atoms with Gasteiger partial charge in [0.25, 0.3) is 0 Å². The Morgan fingerprint density at radius 1 is 1.25 bits per heavy atom. The smallest absolute Gasteiger partial charge is 0.0602 e. The van der Waals surface area contributed by atoms with Crippen LogP contribution >= 0.6 is 0 Å². The molecule has 0 aromatic heterocycles. The highest BCUT2D eigenvalue weighted by Crippen LogP contribution is 2.20. The molecule has 12 heavy (non-hydrogen) atoms. The van der Waals surface area contributed by atoms with E-state index in [9.17, 15) is 5.11 Å². The van der Waals surface area contributed by atoms with Crippen molar-refractivity contribution in [3.8, 4) is 0 Å². The number of aliphatic hydroxyl groups is 1. The van der Waals surface area contributed by atoms with Gasteiger partial charge in [0, 0.05) is 5.92 Å². The van der Waals surface area contributed by atoms with Crippen LogP contribution in [-0.4, -0.2) is 11.2 Å². The molecule has 0 rings (SSSR count). The minimum Gasteiger partial charge on any atom is -0.393 e. The number of hydrogen-bond donors (Lipinski definition) is 1. The van der Waals surface area contributed by atoms with Crippen molar-refractivity contribution in [1.29, 1.82) is 0 Å². The highest BCUT2D eigenvalue weighted by atomic mass is 16.3. The first kappa shape index (κ1) is 11.7. The molecule has 2 unspecified atom stereocenters. The molecule has 1 N–H and O–H groups in total. The van der Waals surface area contributed by atoms with Crippen LogP contribution in [0.5, 0.6) is 0 Å². The van der Waals surface area contributed by atoms with E-state index in [0.717, 1.165) is 12.8 Å². The Morgan fingerprint density at radius 2 is 1.75 bits per heavy atom. The van der Waals surface area contributed by atoms with Crippen molar-refractivity contribution < 1.29 is 5.11 Å². The Balaban J connectivity index is 4.19. The maximum atomic E-state index is 9.70. The lowest BCUT2D eigenvalue weighted by Gasteiger charge is -2.20. The van der Waals surface area contributed by atoms with Crippen LogP contribution in [0.2, 0.25) is 0 Å². The molecule has 72 valence electrons. The fraction of sp³-hybridized carbons (Fsp3) is 0.818. The molecule has 2 atom stereocenters. The average Bonchev–Trinajstić information content (AvgIpc) is 2.02. The summed E-state index contributed by atoms with van der Waals surface area (Å²) in [5.74, 6) is 0.315. The van der Waals surface area contributed by atoms with Gasteiger partial charge in [0.05, 0.1) is 6.10 Å². The standard InChI is InChI=1S/C11H22O/c1-6-7-11(12)10(5)9(4)8(2)3/h10-12H,6-7H2,1-5H3. The number of hydrogen-bond acceptors (Lipinski definition) is 1. The van der Waals surface area contributed by atoms with E-state index in [1.807, 2.05) is 0 Å². The van der Waals surface area contributed by atoms with Crippen LogP contribution in [0.1, 0.15) is 47.5 Å². The molecule has 0 saturated heterocycles. The van der Waals surface area contributed by atoms with E-state index in [4.69, 9.17) is 0 Å². The second-order valence-electron chi connectivity index (χ2n) is 3.83. The first-order chi connectivity index (χ1) is 5.50. The van der Waals surface area contributed by atoms with Crippen LogP contribution in [0, 0.1) is 5.92 Å². The number of allylic oxidation sites excluding steroid dienone is 1. The van der Waals surface area contributed by atoms with Gasteiger partial charge in [0.2, 0.25) is 0 Å². The zero-order valence-electron chi connectivity index (χ0n) is 9.02. The molecule has 0 aromatic rings. The van der Waals surface area contributed by atoms with Gasteiger partial charge >= 0.3 is 0 Å². The number of rotatable bonds is 4. The lowest BCUT2D eigenvalue weighted by atomic mass is 9.91. The van der Waals surface area contributed by atoms with Crippen molar-refractivity contribution >= 4 is 0 Å². The zero-order valence-corrected chi connectivity index (χ0v) is 9.02. The Kier molecular flexibility index (Phi) is 5.23. The fourth-order valence-corrected chi connectivity index (χ4v) is 1.29. The van der Waals surface area contributed by atoms with Crippen molar-refractivity contribution in [3.05, 3.63) is 11.1 Å². The molecule has 0 aliphatic rings. The van der Waals surface area contributed by atoms with Crippen LogP contribution in [0.15, 0.2) is 11.1 Å². The maximum Gasteiger partial charge on any atom is 0.0602 e. The second-order valence-corrected chi connectivity index (χ2v) is 3.83. The summed E-state index contributed by atoms with van der Waals surface area (Å²) in [7, 11) is 0. The summed E-state index contributed by atoms with van der Waals surface area (Å²) in [4.78, 5) is 0. The first-order valence-electron chi connectivity index (χ1n) is 4.82. The van der Waals surface area contributed by atoms with Crippen LogP contribution in [0.4, 0.5) is 0 Å². The summed E-state index contributed by atoms with van der Waals surface area (Å²) < 4.78 is 0. The van der Waals surface area contributed by atoms with Gasteiger partial charge in [0.1, 0.15) is 0 Å². The third kappa shape index (κ3) is 3.40. The summed E-state index contributed by atoms with van der Waals surface area (Å²) in [5.41, 5.74) is 2.66. The molecule has 0 radical (unpaired) electrons. The van der Waals surface area contributed by atoms with E-state index in [1.54, 1.807) is 0 Å². The summed E-state index contributed by atoms with van der Waals surface area (Å²) >= 11 is 0. The third-order valence-electron chi connectivity index (χ3n) is 2.63. The number of aliphatic hydroxyl groups excluding tert-OH is 1. The lowest BCUT2D eigenvalue weighted by Crippen LogP contribution is -2.18. The molecular formula is C11H22O. The molecule has 0 aromatic carbocycles. The van der Waals surface area contributed by atoms with Gasteiger partial charge in [-0.05, 0) is 27.2 Å². The summed E-state index contributed by atoms with van der Waals surface area (Å²) in [6.45, 7) is 10.5. The quantitative estimate of drug-likeness (QED) is 0.643. The molecule has 0 aliphatic heterocycles. The van der Waals surface area contributed by atoms with E-state index in [-0.39, 0.29) is 6.10 Å². The van der Waals surface area contributed by atoms with Gasteiger partial charge in [-0.15, -0.1) is 0 Å². The van der Waals surface area contributed by atoms with Crippen molar-refractivity contribution in [3.63, 3.8) is 0 Å². The molecule has 0 bridgehead atoms. The summed E-state index contributed by atoms with van der Waals surface area (Å²) in [6, 6.07) is 0. The second kappa shape index (κ2) is 5.36. The monoisotopic (exact) mass is 170 g/mol. The highest BCUT2D eigenvalue weighted by molar-refractivity contribution is 5.11.